The quantitative estimate of drug-likeness (QED) is 0.281. The molecule has 2 aliphatic heterocycles. The van der Waals surface area contributed by atoms with Crippen molar-refractivity contribution in [2.45, 2.75) is 49.2 Å². The van der Waals surface area contributed by atoms with Gasteiger partial charge in [0.1, 0.15) is 29.7 Å². The maximum Gasteiger partial charge on any atom is 0.434 e. The Morgan fingerprint density at radius 1 is 0.864 bits per heavy atom. The summed E-state index contributed by atoms with van der Waals surface area (Å²) < 4.78 is 83.9. The Labute approximate surface area is 247 Å². The SMILES string of the molecule is O=C1Nc2c(c(C3CCN(c4cnc(C(F)(F)F)cn4)CC3)nn2C(c2ccccc2)c2ccccc2)[C@H](C(F)(F)F)[C@H]1O. The molecule has 2 N–H and O–H groups in total. The molecule has 230 valence electrons. The predicted molar refractivity (Wildman–Crippen MR) is 147 cm³/mol. The zero-order valence-electron chi connectivity index (χ0n) is 22.9. The summed E-state index contributed by atoms with van der Waals surface area (Å²) in [6.45, 7) is 0.525. The van der Waals surface area contributed by atoms with Crippen molar-refractivity contribution in [3.63, 3.8) is 0 Å². The summed E-state index contributed by atoms with van der Waals surface area (Å²) in [4.78, 5) is 21.8. The van der Waals surface area contributed by atoms with Gasteiger partial charge in [-0.2, -0.15) is 31.4 Å². The van der Waals surface area contributed by atoms with Crippen LogP contribution in [-0.4, -0.2) is 56.1 Å². The molecule has 8 nitrogen and oxygen atoms in total. The highest BCUT2D eigenvalue weighted by atomic mass is 19.4. The summed E-state index contributed by atoms with van der Waals surface area (Å²) in [7, 11) is 0. The van der Waals surface area contributed by atoms with E-state index in [9.17, 15) is 36.2 Å². The molecule has 2 aromatic heterocycles. The number of amides is 1. The van der Waals surface area contributed by atoms with Crippen molar-refractivity contribution >= 4 is 17.5 Å². The molecule has 0 radical (unpaired) electrons. The third-order valence-electron chi connectivity index (χ3n) is 8.07. The van der Waals surface area contributed by atoms with E-state index in [2.05, 4.69) is 15.3 Å². The number of aliphatic hydroxyl groups is 1. The summed E-state index contributed by atoms with van der Waals surface area (Å²) in [5.74, 6) is -4.11. The molecule has 0 unspecified atom stereocenters. The summed E-state index contributed by atoms with van der Waals surface area (Å²) in [5.41, 5.74) is 0.134. The number of fused-ring (bicyclic) bond motifs is 1. The highest BCUT2D eigenvalue weighted by molar-refractivity contribution is 5.97. The number of nitrogens with one attached hydrogen (secondary N) is 1. The normalized spacial score (nSPS) is 19.6. The van der Waals surface area contributed by atoms with Crippen molar-refractivity contribution in [2.75, 3.05) is 23.3 Å². The Kier molecular flexibility index (Phi) is 7.56. The van der Waals surface area contributed by atoms with Crippen molar-refractivity contribution in [3.8, 4) is 0 Å². The van der Waals surface area contributed by atoms with E-state index in [1.165, 1.54) is 4.68 Å². The number of piperidine rings is 1. The van der Waals surface area contributed by atoms with Crippen LogP contribution >= 0.6 is 0 Å². The smallest absolute Gasteiger partial charge is 0.382 e. The number of halogens is 6. The van der Waals surface area contributed by atoms with Gasteiger partial charge in [-0.15, -0.1) is 0 Å². The molecule has 1 amide bonds. The fraction of sp³-hybridized carbons (Fsp3) is 0.333. The molecule has 44 heavy (non-hydrogen) atoms. The molecule has 0 bridgehead atoms. The number of benzene rings is 2. The highest BCUT2D eigenvalue weighted by Gasteiger charge is 2.55. The molecule has 1 saturated heterocycles. The Bertz CT molecular complexity index is 1580. The fourth-order valence-electron chi connectivity index (χ4n) is 5.99. The summed E-state index contributed by atoms with van der Waals surface area (Å²) >= 11 is 0. The van der Waals surface area contributed by atoms with E-state index >= 15 is 0 Å². The van der Waals surface area contributed by atoms with Gasteiger partial charge in [-0.25, -0.2) is 14.6 Å². The predicted octanol–water partition coefficient (Wildman–Crippen LogP) is 5.67. The van der Waals surface area contributed by atoms with Gasteiger partial charge in [0.25, 0.3) is 5.91 Å². The minimum Gasteiger partial charge on any atom is -0.382 e. The van der Waals surface area contributed by atoms with E-state index < -0.39 is 47.9 Å². The maximum atomic E-state index is 14.6. The van der Waals surface area contributed by atoms with Crippen LogP contribution in [0.25, 0.3) is 0 Å². The molecule has 4 heterocycles. The number of anilines is 2. The molecule has 2 aromatic carbocycles. The Morgan fingerprint density at radius 3 is 1.95 bits per heavy atom. The van der Waals surface area contributed by atoms with Gasteiger partial charge in [0, 0.05) is 24.6 Å². The minimum atomic E-state index is -4.96. The van der Waals surface area contributed by atoms with Crippen LogP contribution in [0.5, 0.6) is 0 Å². The lowest BCUT2D eigenvalue weighted by molar-refractivity contribution is -0.177. The van der Waals surface area contributed by atoms with Crippen LogP contribution in [0.2, 0.25) is 0 Å². The maximum absolute atomic E-state index is 14.6. The first-order chi connectivity index (χ1) is 20.9. The monoisotopic (exact) mass is 616 g/mol. The van der Waals surface area contributed by atoms with Gasteiger partial charge in [-0.05, 0) is 24.0 Å². The number of rotatable bonds is 5. The molecular formula is C30H26F6N6O2. The van der Waals surface area contributed by atoms with E-state index in [4.69, 9.17) is 5.10 Å². The molecule has 14 heteroatoms. The van der Waals surface area contributed by atoms with Gasteiger partial charge in [0.2, 0.25) is 0 Å². The average Bonchev–Trinajstić information content (AvgIpc) is 3.35. The van der Waals surface area contributed by atoms with Crippen LogP contribution in [0.4, 0.5) is 38.0 Å². The number of aliphatic hydroxyl groups excluding tert-OH is 1. The van der Waals surface area contributed by atoms with Gasteiger partial charge in [-0.1, -0.05) is 60.7 Å². The standard InChI is InChI=1S/C30H26F6N6O2/c31-29(32,33)20-15-38-21(16-37-20)41-13-11-17(12-14-41)24-22-23(30(34,35)36)26(43)28(44)39-27(22)42(40-24)25(18-7-3-1-4-8-18)19-9-5-2-6-10-19/h1-10,15-17,23,25-26,43H,11-14H2,(H,39,44)/t23-,26+/m0/s1. The first-order valence-corrected chi connectivity index (χ1v) is 13.9. The first-order valence-electron chi connectivity index (χ1n) is 13.9. The molecule has 0 spiro atoms. The lowest BCUT2D eigenvalue weighted by Gasteiger charge is -2.34. The molecule has 4 aromatic rings. The zero-order chi connectivity index (χ0) is 31.2. The topological polar surface area (TPSA) is 96.2 Å². The Balaban J connectivity index is 1.42. The van der Waals surface area contributed by atoms with Gasteiger partial charge < -0.3 is 15.3 Å². The average molecular weight is 617 g/mol. The first kappa shape index (κ1) is 29.6. The van der Waals surface area contributed by atoms with Gasteiger partial charge >= 0.3 is 12.4 Å². The number of carbonyl (C=O) groups excluding carboxylic acids is 1. The Hall–Kier alpha value is -4.46. The third kappa shape index (κ3) is 5.49. The van der Waals surface area contributed by atoms with E-state index in [0.717, 1.165) is 17.3 Å². The molecular weight excluding hydrogens is 590 g/mol. The second-order valence-corrected chi connectivity index (χ2v) is 10.8. The lowest BCUT2D eigenvalue weighted by atomic mass is 9.82. The fourth-order valence-corrected chi connectivity index (χ4v) is 5.99. The summed E-state index contributed by atoms with van der Waals surface area (Å²) in [5, 5.41) is 17.8. The second-order valence-electron chi connectivity index (χ2n) is 10.8. The van der Waals surface area contributed by atoms with Crippen LogP contribution in [0.3, 0.4) is 0 Å². The van der Waals surface area contributed by atoms with Crippen molar-refractivity contribution in [1.29, 1.82) is 0 Å². The van der Waals surface area contributed by atoms with Crippen LogP contribution in [-0.2, 0) is 11.0 Å². The molecule has 1 fully saturated rings. The number of hydrogen-bond donors (Lipinski definition) is 2. The lowest BCUT2D eigenvalue weighted by Crippen LogP contribution is -2.45. The zero-order valence-corrected chi connectivity index (χ0v) is 22.9. The van der Waals surface area contributed by atoms with E-state index in [-0.39, 0.29) is 36.0 Å². The van der Waals surface area contributed by atoms with Gasteiger partial charge in [0.05, 0.1) is 18.1 Å². The highest BCUT2D eigenvalue weighted by Crippen LogP contribution is 2.49. The molecule has 2 aliphatic rings. The number of nitrogens with zero attached hydrogens (tertiary/aromatic N) is 5. The van der Waals surface area contributed by atoms with Gasteiger partial charge in [-0.3, -0.25) is 4.79 Å². The Morgan fingerprint density at radius 2 is 1.45 bits per heavy atom. The number of carbonyl (C=O) groups is 1. The van der Waals surface area contributed by atoms with Crippen molar-refractivity contribution in [1.82, 2.24) is 19.7 Å². The summed E-state index contributed by atoms with van der Waals surface area (Å²) in [6.07, 6.45) is -9.71. The third-order valence-corrected chi connectivity index (χ3v) is 8.07. The van der Waals surface area contributed by atoms with Crippen molar-refractivity contribution < 1.29 is 36.2 Å². The van der Waals surface area contributed by atoms with Crippen molar-refractivity contribution in [3.05, 3.63) is 101 Å². The molecule has 2 atom stereocenters. The minimum absolute atomic E-state index is 0.108. The van der Waals surface area contributed by atoms with Crippen LogP contribution in [0.1, 0.15) is 58.8 Å². The van der Waals surface area contributed by atoms with Gasteiger partial charge in [0.15, 0.2) is 5.69 Å². The van der Waals surface area contributed by atoms with Crippen LogP contribution in [0.15, 0.2) is 73.1 Å². The number of alkyl halides is 6. The van der Waals surface area contributed by atoms with Crippen LogP contribution in [0, 0.1) is 0 Å². The van der Waals surface area contributed by atoms with E-state index in [1.54, 1.807) is 29.2 Å². The van der Waals surface area contributed by atoms with Crippen molar-refractivity contribution in [2.24, 2.45) is 0 Å². The molecule has 0 saturated carbocycles. The molecule has 0 aliphatic carbocycles. The van der Waals surface area contributed by atoms with E-state index in [1.807, 2.05) is 36.4 Å². The number of hydrogen-bond acceptors (Lipinski definition) is 6. The molecule has 6 rings (SSSR count). The van der Waals surface area contributed by atoms with Crippen LogP contribution < -0.4 is 10.2 Å². The second kappa shape index (κ2) is 11.2. The summed E-state index contributed by atoms with van der Waals surface area (Å²) in [6, 6.07) is 17.4. The largest absolute Gasteiger partial charge is 0.434 e. The van der Waals surface area contributed by atoms with E-state index in [0.29, 0.717) is 19.0 Å². The number of aromatic nitrogens is 4.